The fraction of sp³-hybridized carbons (Fsp3) is 0.294. The first-order chi connectivity index (χ1) is 11.5. The number of rotatable bonds is 7. The Morgan fingerprint density at radius 2 is 1.50 bits per heavy atom. The van der Waals surface area contributed by atoms with E-state index in [2.05, 4.69) is 0 Å². The first-order valence-corrected chi connectivity index (χ1v) is 7.19. The van der Waals surface area contributed by atoms with Crippen molar-refractivity contribution in [3.8, 4) is 28.7 Å². The van der Waals surface area contributed by atoms with E-state index in [0.717, 1.165) is 0 Å². The van der Waals surface area contributed by atoms with Gasteiger partial charge in [-0.1, -0.05) is 6.07 Å². The number of aromatic hydroxyl groups is 2. The molecular formula is C17H20O7. The van der Waals surface area contributed by atoms with E-state index >= 15 is 0 Å². The van der Waals surface area contributed by atoms with Gasteiger partial charge in [0.15, 0.2) is 29.1 Å². The number of benzene rings is 2. The van der Waals surface area contributed by atoms with Crippen molar-refractivity contribution >= 4 is 0 Å². The van der Waals surface area contributed by atoms with Crippen LogP contribution in [0.3, 0.4) is 0 Å². The molecule has 2 aromatic rings. The zero-order valence-corrected chi connectivity index (χ0v) is 13.3. The maximum atomic E-state index is 10.4. The minimum Gasteiger partial charge on any atom is -0.504 e. The van der Waals surface area contributed by atoms with Crippen LogP contribution in [-0.4, -0.2) is 47.4 Å². The maximum Gasteiger partial charge on any atom is 0.164 e. The lowest BCUT2D eigenvalue weighted by Crippen LogP contribution is -2.29. The van der Waals surface area contributed by atoms with Crippen LogP contribution in [0, 0.1) is 0 Å². The van der Waals surface area contributed by atoms with Crippen molar-refractivity contribution in [2.75, 3.05) is 20.8 Å². The Hall–Kier alpha value is -2.64. The highest BCUT2D eigenvalue weighted by Crippen LogP contribution is 2.33. The lowest BCUT2D eigenvalue weighted by atomic mass is 10.0. The van der Waals surface area contributed by atoms with Crippen LogP contribution in [0.2, 0.25) is 0 Å². The SMILES string of the molecule is COc1cc(O[C@H](CO)[C@H](O)c2ccc(O)c(OC)c2)ccc1O. The second kappa shape index (κ2) is 7.76. The van der Waals surface area contributed by atoms with Gasteiger partial charge in [-0.3, -0.25) is 0 Å². The van der Waals surface area contributed by atoms with Crippen molar-refractivity contribution in [1.82, 2.24) is 0 Å². The summed E-state index contributed by atoms with van der Waals surface area (Å²) in [4.78, 5) is 0. The van der Waals surface area contributed by atoms with Crippen molar-refractivity contribution in [3.05, 3.63) is 42.0 Å². The van der Waals surface area contributed by atoms with Gasteiger partial charge in [0.05, 0.1) is 20.8 Å². The number of aliphatic hydroxyl groups excluding tert-OH is 2. The van der Waals surface area contributed by atoms with Crippen molar-refractivity contribution in [3.63, 3.8) is 0 Å². The number of phenolic OH excluding ortho intramolecular Hbond substituents is 2. The van der Waals surface area contributed by atoms with E-state index in [1.165, 1.54) is 50.6 Å². The third-order valence-corrected chi connectivity index (χ3v) is 3.52. The molecule has 24 heavy (non-hydrogen) atoms. The van der Waals surface area contributed by atoms with E-state index in [9.17, 15) is 20.4 Å². The van der Waals surface area contributed by atoms with E-state index < -0.39 is 18.8 Å². The Balaban J connectivity index is 2.21. The molecule has 0 spiro atoms. The van der Waals surface area contributed by atoms with Gasteiger partial charge in [0.1, 0.15) is 11.9 Å². The quantitative estimate of drug-likeness (QED) is 0.608. The average molecular weight is 336 g/mol. The molecule has 7 heteroatoms. The predicted octanol–water partition coefficient (Wildman–Crippen LogP) is 1.59. The van der Waals surface area contributed by atoms with Gasteiger partial charge in [0.25, 0.3) is 0 Å². The van der Waals surface area contributed by atoms with Crippen LogP contribution >= 0.6 is 0 Å². The lowest BCUT2D eigenvalue weighted by Gasteiger charge is -2.23. The second-order valence-electron chi connectivity index (χ2n) is 5.05. The summed E-state index contributed by atoms with van der Waals surface area (Å²) in [5, 5.41) is 39.2. The summed E-state index contributed by atoms with van der Waals surface area (Å²) < 4.78 is 15.6. The molecule has 0 saturated carbocycles. The summed E-state index contributed by atoms with van der Waals surface area (Å²) in [6.45, 7) is -0.451. The van der Waals surface area contributed by atoms with Crippen LogP contribution in [0.4, 0.5) is 0 Å². The highest BCUT2D eigenvalue weighted by molar-refractivity contribution is 5.45. The van der Waals surface area contributed by atoms with Crippen molar-refractivity contribution < 1.29 is 34.6 Å². The highest BCUT2D eigenvalue weighted by atomic mass is 16.5. The Morgan fingerprint density at radius 1 is 0.917 bits per heavy atom. The summed E-state index contributed by atoms with van der Waals surface area (Å²) in [5.41, 5.74) is 0.412. The van der Waals surface area contributed by atoms with Crippen molar-refractivity contribution in [2.24, 2.45) is 0 Å². The molecular weight excluding hydrogens is 316 g/mol. The zero-order valence-electron chi connectivity index (χ0n) is 13.3. The van der Waals surface area contributed by atoms with E-state index in [-0.39, 0.29) is 23.0 Å². The van der Waals surface area contributed by atoms with Crippen LogP contribution in [-0.2, 0) is 0 Å². The minimum absolute atomic E-state index is 0.0470. The highest BCUT2D eigenvalue weighted by Gasteiger charge is 2.23. The number of aliphatic hydroxyl groups is 2. The molecule has 0 radical (unpaired) electrons. The second-order valence-corrected chi connectivity index (χ2v) is 5.05. The monoisotopic (exact) mass is 336 g/mol. The Kier molecular flexibility index (Phi) is 5.73. The first-order valence-electron chi connectivity index (χ1n) is 7.19. The lowest BCUT2D eigenvalue weighted by molar-refractivity contribution is 0.000545. The van der Waals surface area contributed by atoms with Crippen LogP contribution in [0.25, 0.3) is 0 Å². The average Bonchev–Trinajstić information content (AvgIpc) is 2.60. The number of hydrogen-bond acceptors (Lipinski definition) is 7. The molecule has 7 nitrogen and oxygen atoms in total. The summed E-state index contributed by atoms with van der Waals surface area (Å²) in [6.07, 6.45) is -2.13. The van der Waals surface area contributed by atoms with Gasteiger partial charge in [0, 0.05) is 6.07 Å². The number of ether oxygens (including phenoxy) is 3. The van der Waals surface area contributed by atoms with Gasteiger partial charge < -0.3 is 34.6 Å². The summed E-state index contributed by atoms with van der Waals surface area (Å²) in [6, 6.07) is 8.68. The molecule has 2 atom stereocenters. The molecule has 0 amide bonds. The van der Waals surface area contributed by atoms with Crippen LogP contribution in [0.15, 0.2) is 36.4 Å². The fourth-order valence-corrected chi connectivity index (χ4v) is 2.20. The van der Waals surface area contributed by atoms with E-state index in [4.69, 9.17) is 14.2 Å². The molecule has 4 N–H and O–H groups in total. The zero-order chi connectivity index (χ0) is 17.7. The van der Waals surface area contributed by atoms with Crippen LogP contribution in [0.5, 0.6) is 28.7 Å². The predicted molar refractivity (Wildman–Crippen MR) is 85.8 cm³/mol. The van der Waals surface area contributed by atoms with Crippen molar-refractivity contribution in [2.45, 2.75) is 12.2 Å². The number of hydrogen-bond donors (Lipinski definition) is 4. The molecule has 0 heterocycles. The molecule has 0 aliphatic heterocycles. The van der Waals surface area contributed by atoms with Gasteiger partial charge in [-0.2, -0.15) is 0 Å². The molecule has 130 valence electrons. The number of phenols is 2. The van der Waals surface area contributed by atoms with Gasteiger partial charge >= 0.3 is 0 Å². The molecule has 0 unspecified atom stereocenters. The van der Waals surface area contributed by atoms with Gasteiger partial charge in [-0.15, -0.1) is 0 Å². The van der Waals surface area contributed by atoms with Crippen LogP contribution < -0.4 is 14.2 Å². The molecule has 0 fully saturated rings. The Morgan fingerprint density at radius 3 is 2.08 bits per heavy atom. The van der Waals surface area contributed by atoms with E-state index in [1.807, 2.05) is 0 Å². The smallest absolute Gasteiger partial charge is 0.164 e. The van der Waals surface area contributed by atoms with Crippen LogP contribution in [0.1, 0.15) is 11.7 Å². The third kappa shape index (κ3) is 3.81. The molecule has 0 aliphatic carbocycles. The molecule has 0 saturated heterocycles. The van der Waals surface area contributed by atoms with E-state index in [1.54, 1.807) is 0 Å². The summed E-state index contributed by atoms with van der Waals surface area (Å²) in [5.74, 6) is 0.625. The van der Waals surface area contributed by atoms with E-state index in [0.29, 0.717) is 11.3 Å². The topological polar surface area (TPSA) is 109 Å². The molecule has 2 rings (SSSR count). The maximum absolute atomic E-state index is 10.4. The van der Waals surface area contributed by atoms with Gasteiger partial charge in [0.2, 0.25) is 0 Å². The summed E-state index contributed by atoms with van der Waals surface area (Å²) in [7, 11) is 2.80. The van der Waals surface area contributed by atoms with Crippen molar-refractivity contribution in [1.29, 1.82) is 0 Å². The molecule has 2 aromatic carbocycles. The van der Waals surface area contributed by atoms with Gasteiger partial charge in [-0.05, 0) is 29.8 Å². The molecule has 0 aliphatic rings. The first kappa shape index (κ1) is 17.7. The molecule has 0 aromatic heterocycles. The standard InChI is InChI=1S/C17H20O7/c1-22-14-7-10(3-5-12(14)19)17(21)16(9-18)24-11-4-6-13(20)15(8-11)23-2/h3-8,16-21H,9H2,1-2H3/t16-,17-/m1/s1. The molecule has 0 bridgehead atoms. The minimum atomic E-state index is -1.16. The largest absolute Gasteiger partial charge is 0.504 e. The Labute approximate surface area is 139 Å². The summed E-state index contributed by atoms with van der Waals surface area (Å²) >= 11 is 0. The Bertz CT molecular complexity index is 687. The fourth-order valence-electron chi connectivity index (χ4n) is 2.20. The third-order valence-electron chi connectivity index (χ3n) is 3.52. The van der Waals surface area contributed by atoms with Gasteiger partial charge in [-0.25, -0.2) is 0 Å². The number of methoxy groups -OCH3 is 2. The normalized spacial score (nSPS) is 13.2.